The summed E-state index contributed by atoms with van der Waals surface area (Å²) in [6.45, 7) is 2.52. The van der Waals surface area contributed by atoms with Crippen LogP contribution in [0.15, 0.2) is 48.7 Å². The molecule has 0 fully saturated rings. The molecule has 116 valence electrons. The van der Waals surface area contributed by atoms with Crippen molar-refractivity contribution >= 4 is 6.08 Å². The van der Waals surface area contributed by atoms with E-state index in [0.29, 0.717) is 18.7 Å². The van der Waals surface area contributed by atoms with Crippen molar-refractivity contribution in [2.45, 2.75) is 19.5 Å². The van der Waals surface area contributed by atoms with Gasteiger partial charge in [-0.15, -0.1) is 0 Å². The van der Waals surface area contributed by atoms with Gasteiger partial charge in [-0.2, -0.15) is 13.2 Å². The van der Waals surface area contributed by atoms with Gasteiger partial charge in [-0.05, 0) is 36.8 Å². The van der Waals surface area contributed by atoms with E-state index >= 15 is 0 Å². The fraction of sp³-hybridized carbons (Fsp3) is 0.235. The summed E-state index contributed by atoms with van der Waals surface area (Å²) in [4.78, 5) is 3.95. The number of alkyl halides is 3. The summed E-state index contributed by atoms with van der Waals surface area (Å²) in [5.74, 6) is 0.791. The molecule has 0 aliphatic rings. The summed E-state index contributed by atoms with van der Waals surface area (Å²) in [6, 6.07) is 9.53. The van der Waals surface area contributed by atoms with Crippen LogP contribution in [0, 0.1) is 0 Å². The molecule has 0 saturated heterocycles. The Morgan fingerprint density at radius 1 is 1.14 bits per heavy atom. The highest BCUT2D eigenvalue weighted by molar-refractivity contribution is 5.51. The molecule has 2 aromatic rings. The zero-order valence-electron chi connectivity index (χ0n) is 12.1. The maximum atomic E-state index is 12.6. The molecule has 0 atom stereocenters. The first kappa shape index (κ1) is 16.1. The molecule has 0 N–H and O–H groups in total. The standard InChI is InChI=1S/C17H16F3NO/c1-2-22-16-8-6-13(7-9-16)4-3-5-15-12-14(10-11-21-15)17(18,19)20/h3-4,6-12H,2,5H2,1H3. The van der Waals surface area contributed by atoms with Gasteiger partial charge in [0.1, 0.15) is 5.75 Å². The second kappa shape index (κ2) is 7.11. The third-order valence-electron chi connectivity index (χ3n) is 2.97. The summed E-state index contributed by atoms with van der Waals surface area (Å²) < 4.78 is 43.1. The Kier molecular flexibility index (Phi) is 5.20. The fourth-order valence-corrected chi connectivity index (χ4v) is 1.92. The first-order valence-corrected chi connectivity index (χ1v) is 6.90. The number of halogens is 3. The maximum absolute atomic E-state index is 12.6. The average Bonchev–Trinajstić information content (AvgIpc) is 2.49. The van der Waals surface area contributed by atoms with Crippen molar-refractivity contribution in [2.24, 2.45) is 0 Å². The van der Waals surface area contributed by atoms with Crippen molar-refractivity contribution < 1.29 is 17.9 Å². The molecule has 1 aromatic heterocycles. The Hall–Kier alpha value is -2.30. The highest BCUT2D eigenvalue weighted by atomic mass is 19.4. The minimum atomic E-state index is -4.34. The van der Waals surface area contributed by atoms with E-state index in [9.17, 15) is 13.2 Å². The number of rotatable bonds is 5. The molecule has 0 unspecified atom stereocenters. The Labute approximate surface area is 127 Å². The van der Waals surface area contributed by atoms with Gasteiger partial charge in [0.2, 0.25) is 0 Å². The molecule has 2 nitrogen and oxygen atoms in total. The van der Waals surface area contributed by atoms with Gasteiger partial charge < -0.3 is 4.74 Å². The molecule has 5 heteroatoms. The Morgan fingerprint density at radius 2 is 1.86 bits per heavy atom. The highest BCUT2D eigenvalue weighted by Gasteiger charge is 2.30. The van der Waals surface area contributed by atoms with Crippen molar-refractivity contribution in [3.63, 3.8) is 0 Å². The average molecular weight is 307 g/mol. The van der Waals surface area contributed by atoms with E-state index in [1.54, 1.807) is 6.08 Å². The molecule has 2 rings (SSSR count). The van der Waals surface area contributed by atoms with Crippen LogP contribution in [0.1, 0.15) is 23.7 Å². The van der Waals surface area contributed by atoms with Crippen molar-refractivity contribution in [3.8, 4) is 5.75 Å². The van der Waals surface area contributed by atoms with Crippen molar-refractivity contribution in [2.75, 3.05) is 6.61 Å². The van der Waals surface area contributed by atoms with E-state index < -0.39 is 11.7 Å². The number of benzene rings is 1. The summed E-state index contributed by atoms with van der Waals surface area (Å²) in [5.41, 5.74) is 0.666. The van der Waals surface area contributed by atoms with Crippen LogP contribution < -0.4 is 4.74 Å². The van der Waals surface area contributed by atoms with E-state index in [-0.39, 0.29) is 0 Å². The van der Waals surface area contributed by atoms with Crippen LogP contribution >= 0.6 is 0 Å². The van der Waals surface area contributed by atoms with Crippen LogP contribution in [-0.4, -0.2) is 11.6 Å². The molecule has 0 radical (unpaired) electrons. The quantitative estimate of drug-likeness (QED) is 0.795. The second-order valence-electron chi connectivity index (χ2n) is 4.64. The van der Waals surface area contributed by atoms with Gasteiger partial charge in [0.25, 0.3) is 0 Å². The molecular weight excluding hydrogens is 291 g/mol. The van der Waals surface area contributed by atoms with Gasteiger partial charge in [0.15, 0.2) is 0 Å². The molecular formula is C17H16F3NO. The monoisotopic (exact) mass is 307 g/mol. The van der Waals surface area contributed by atoms with E-state index in [0.717, 1.165) is 23.4 Å². The molecule has 22 heavy (non-hydrogen) atoms. The van der Waals surface area contributed by atoms with E-state index in [1.165, 1.54) is 6.20 Å². The molecule has 0 aliphatic heterocycles. The molecule has 0 saturated carbocycles. The first-order valence-electron chi connectivity index (χ1n) is 6.90. The lowest BCUT2D eigenvalue weighted by Gasteiger charge is -2.06. The number of nitrogens with zero attached hydrogens (tertiary/aromatic N) is 1. The molecule has 0 amide bonds. The van der Waals surface area contributed by atoms with Crippen LogP contribution in [-0.2, 0) is 12.6 Å². The first-order chi connectivity index (χ1) is 10.5. The summed E-state index contributed by atoms with van der Waals surface area (Å²) in [6.07, 6.45) is 0.826. The van der Waals surface area contributed by atoms with Crippen LogP contribution in [0.3, 0.4) is 0 Å². The topological polar surface area (TPSA) is 22.1 Å². The number of pyridine rings is 1. The molecule has 0 aliphatic carbocycles. The molecule has 1 heterocycles. The van der Waals surface area contributed by atoms with Crippen LogP contribution in [0.4, 0.5) is 13.2 Å². The molecule has 0 bridgehead atoms. The normalized spacial score (nSPS) is 11.8. The van der Waals surface area contributed by atoms with E-state index in [4.69, 9.17) is 4.74 Å². The molecule has 1 aromatic carbocycles. The fourth-order valence-electron chi connectivity index (χ4n) is 1.92. The van der Waals surface area contributed by atoms with Gasteiger partial charge in [-0.25, -0.2) is 0 Å². The second-order valence-corrected chi connectivity index (χ2v) is 4.64. The lowest BCUT2D eigenvalue weighted by Crippen LogP contribution is -2.05. The maximum Gasteiger partial charge on any atom is 0.416 e. The summed E-state index contributed by atoms with van der Waals surface area (Å²) in [5, 5.41) is 0. The Balaban J connectivity index is 2.00. The summed E-state index contributed by atoms with van der Waals surface area (Å²) in [7, 11) is 0. The van der Waals surface area contributed by atoms with Crippen LogP contribution in [0.5, 0.6) is 5.75 Å². The number of aromatic nitrogens is 1. The van der Waals surface area contributed by atoms with Crippen LogP contribution in [0.2, 0.25) is 0 Å². The van der Waals surface area contributed by atoms with Crippen molar-refractivity contribution in [3.05, 3.63) is 65.5 Å². The minimum absolute atomic E-state index is 0.344. The van der Waals surface area contributed by atoms with Gasteiger partial charge in [0.05, 0.1) is 12.2 Å². The van der Waals surface area contributed by atoms with Crippen molar-refractivity contribution in [1.82, 2.24) is 4.98 Å². The predicted octanol–water partition coefficient (Wildman–Crippen LogP) is 4.76. The third-order valence-corrected chi connectivity index (χ3v) is 2.97. The summed E-state index contributed by atoms with van der Waals surface area (Å²) >= 11 is 0. The van der Waals surface area contributed by atoms with Gasteiger partial charge >= 0.3 is 6.18 Å². The zero-order valence-corrected chi connectivity index (χ0v) is 12.1. The number of ether oxygens (including phenoxy) is 1. The number of allylic oxidation sites excluding steroid dienone is 1. The molecule has 0 spiro atoms. The predicted molar refractivity (Wildman–Crippen MR) is 79.6 cm³/mol. The third kappa shape index (κ3) is 4.62. The lowest BCUT2D eigenvalue weighted by atomic mass is 10.1. The van der Waals surface area contributed by atoms with Gasteiger partial charge in [-0.3, -0.25) is 4.98 Å². The Morgan fingerprint density at radius 3 is 2.50 bits per heavy atom. The number of hydrogen-bond donors (Lipinski definition) is 0. The highest BCUT2D eigenvalue weighted by Crippen LogP contribution is 2.29. The Bertz CT molecular complexity index is 633. The van der Waals surface area contributed by atoms with E-state index in [2.05, 4.69) is 4.98 Å². The SMILES string of the molecule is CCOc1ccc(C=CCc2cc(C(F)(F)F)ccn2)cc1. The zero-order chi connectivity index (χ0) is 16.0. The largest absolute Gasteiger partial charge is 0.494 e. The van der Waals surface area contributed by atoms with Crippen molar-refractivity contribution in [1.29, 1.82) is 0 Å². The smallest absolute Gasteiger partial charge is 0.416 e. The minimum Gasteiger partial charge on any atom is -0.494 e. The van der Waals surface area contributed by atoms with Crippen LogP contribution in [0.25, 0.3) is 6.08 Å². The van der Waals surface area contributed by atoms with Gasteiger partial charge in [-0.1, -0.05) is 24.3 Å². The van der Waals surface area contributed by atoms with Gasteiger partial charge in [0, 0.05) is 18.3 Å². The number of hydrogen-bond acceptors (Lipinski definition) is 2. The van der Waals surface area contributed by atoms with E-state index in [1.807, 2.05) is 37.3 Å². The lowest BCUT2D eigenvalue weighted by molar-refractivity contribution is -0.137.